The van der Waals surface area contributed by atoms with E-state index in [1.807, 2.05) is 6.07 Å². The van der Waals surface area contributed by atoms with Gasteiger partial charge in [0.25, 0.3) is 5.69 Å². The Bertz CT molecular complexity index is 889. The van der Waals surface area contributed by atoms with Gasteiger partial charge in [-0.05, 0) is 50.6 Å². The number of nitro benzene ring substituents is 1. The number of benzene rings is 2. The first-order chi connectivity index (χ1) is 14.1. The van der Waals surface area contributed by atoms with Gasteiger partial charge in [-0.3, -0.25) is 15.4 Å². The van der Waals surface area contributed by atoms with Gasteiger partial charge in [0.05, 0.1) is 11.5 Å². The third kappa shape index (κ3) is 8.17. The predicted molar refractivity (Wildman–Crippen MR) is 110 cm³/mol. The Morgan fingerprint density at radius 2 is 1.80 bits per heavy atom. The first-order valence-corrected chi connectivity index (χ1v) is 9.24. The fourth-order valence-corrected chi connectivity index (χ4v) is 2.39. The predicted octanol–water partition coefficient (Wildman–Crippen LogP) is 4.11. The van der Waals surface area contributed by atoms with Crippen molar-refractivity contribution < 1.29 is 28.7 Å². The number of esters is 1. The van der Waals surface area contributed by atoms with Crippen molar-refractivity contribution in [2.75, 3.05) is 18.5 Å². The van der Waals surface area contributed by atoms with Crippen LogP contribution in [0.5, 0.6) is 5.75 Å². The number of nitro groups is 1. The molecule has 0 aromatic heterocycles. The molecule has 0 bridgehead atoms. The maximum atomic E-state index is 11.8. The molecule has 0 saturated carbocycles. The number of hydrogen-bond acceptors (Lipinski definition) is 7. The van der Waals surface area contributed by atoms with Crippen molar-refractivity contribution in [2.45, 2.75) is 32.8 Å². The van der Waals surface area contributed by atoms with Crippen LogP contribution in [-0.2, 0) is 20.7 Å². The summed E-state index contributed by atoms with van der Waals surface area (Å²) in [4.78, 5) is 33.7. The van der Waals surface area contributed by atoms with Gasteiger partial charge in [0, 0.05) is 24.2 Å². The number of rotatable bonds is 8. The minimum absolute atomic E-state index is 0.0670. The molecular weight excluding hydrogens is 392 g/mol. The molecule has 1 N–H and O–H groups in total. The van der Waals surface area contributed by atoms with Crippen LogP contribution in [0.1, 0.15) is 26.3 Å². The van der Waals surface area contributed by atoms with Crippen molar-refractivity contribution in [3.63, 3.8) is 0 Å². The summed E-state index contributed by atoms with van der Waals surface area (Å²) in [7, 11) is 0. The standard InChI is InChI=1S/C21H24N2O7/c1-21(2,3)30-19(24)14-29-18-6-4-5-15(13-18)11-12-28-20(25)22-16-7-9-17(10-8-16)23(26)27/h4-10,13H,11-12,14H2,1-3H3,(H,22,25). The van der Waals surface area contributed by atoms with Crippen LogP contribution in [0.2, 0.25) is 0 Å². The summed E-state index contributed by atoms with van der Waals surface area (Å²) in [5.74, 6) is 0.0489. The topological polar surface area (TPSA) is 117 Å². The van der Waals surface area contributed by atoms with Gasteiger partial charge >= 0.3 is 12.1 Å². The molecule has 0 radical (unpaired) electrons. The molecule has 2 aromatic rings. The van der Waals surface area contributed by atoms with Gasteiger partial charge in [-0.2, -0.15) is 0 Å². The lowest BCUT2D eigenvalue weighted by molar-refractivity contribution is -0.384. The quantitative estimate of drug-likeness (QED) is 0.391. The van der Waals surface area contributed by atoms with E-state index in [-0.39, 0.29) is 18.9 Å². The number of ether oxygens (including phenoxy) is 3. The van der Waals surface area contributed by atoms with Crippen LogP contribution in [0, 0.1) is 10.1 Å². The van der Waals surface area contributed by atoms with E-state index in [4.69, 9.17) is 14.2 Å². The molecule has 0 aliphatic rings. The lowest BCUT2D eigenvalue weighted by Gasteiger charge is -2.19. The van der Waals surface area contributed by atoms with E-state index in [1.54, 1.807) is 39.0 Å². The molecule has 160 valence electrons. The highest BCUT2D eigenvalue weighted by atomic mass is 16.6. The Balaban J connectivity index is 1.76. The van der Waals surface area contributed by atoms with Gasteiger partial charge in [0.1, 0.15) is 11.4 Å². The number of amides is 1. The summed E-state index contributed by atoms with van der Waals surface area (Å²) in [6.45, 7) is 5.26. The molecule has 0 saturated heterocycles. The van der Waals surface area contributed by atoms with Crippen LogP contribution in [0.4, 0.5) is 16.2 Å². The number of hydrogen-bond donors (Lipinski definition) is 1. The summed E-state index contributed by atoms with van der Waals surface area (Å²) in [5, 5.41) is 13.1. The summed E-state index contributed by atoms with van der Waals surface area (Å²) in [5.41, 5.74) is 0.611. The molecule has 0 aliphatic carbocycles. The Hall–Kier alpha value is -3.62. The molecule has 9 nitrogen and oxygen atoms in total. The first-order valence-electron chi connectivity index (χ1n) is 9.24. The van der Waals surface area contributed by atoms with Crippen molar-refractivity contribution >= 4 is 23.4 Å². The molecule has 30 heavy (non-hydrogen) atoms. The second-order valence-corrected chi connectivity index (χ2v) is 7.34. The molecule has 9 heteroatoms. The molecule has 0 fully saturated rings. The smallest absolute Gasteiger partial charge is 0.411 e. The second kappa shape index (κ2) is 10.2. The van der Waals surface area contributed by atoms with Crippen molar-refractivity contribution in [3.05, 3.63) is 64.2 Å². The fraction of sp³-hybridized carbons (Fsp3) is 0.333. The fourth-order valence-electron chi connectivity index (χ4n) is 2.39. The van der Waals surface area contributed by atoms with Gasteiger partial charge in [-0.25, -0.2) is 9.59 Å². The van der Waals surface area contributed by atoms with E-state index in [0.29, 0.717) is 17.9 Å². The molecule has 0 spiro atoms. The molecule has 0 atom stereocenters. The number of nitrogens with zero attached hydrogens (tertiary/aromatic N) is 1. The van der Waals surface area contributed by atoms with Crippen molar-refractivity contribution in [2.24, 2.45) is 0 Å². The van der Waals surface area contributed by atoms with E-state index < -0.39 is 22.6 Å². The number of non-ortho nitro benzene ring substituents is 1. The SMILES string of the molecule is CC(C)(C)OC(=O)COc1cccc(CCOC(=O)Nc2ccc([N+](=O)[O-])cc2)c1. The zero-order valence-corrected chi connectivity index (χ0v) is 17.0. The lowest BCUT2D eigenvalue weighted by atomic mass is 10.1. The highest BCUT2D eigenvalue weighted by Crippen LogP contribution is 2.16. The zero-order chi connectivity index (χ0) is 22.1. The molecule has 0 aliphatic heterocycles. The van der Waals surface area contributed by atoms with E-state index >= 15 is 0 Å². The highest BCUT2D eigenvalue weighted by Gasteiger charge is 2.16. The van der Waals surface area contributed by atoms with Crippen LogP contribution >= 0.6 is 0 Å². The maximum Gasteiger partial charge on any atom is 0.411 e. The van der Waals surface area contributed by atoms with E-state index in [0.717, 1.165) is 5.56 Å². The average Bonchev–Trinajstić information content (AvgIpc) is 2.66. The van der Waals surface area contributed by atoms with E-state index in [1.165, 1.54) is 24.3 Å². The van der Waals surface area contributed by atoms with E-state index in [9.17, 15) is 19.7 Å². The molecule has 0 heterocycles. The number of carbonyl (C=O) groups excluding carboxylic acids is 2. The van der Waals surface area contributed by atoms with Crippen LogP contribution in [-0.4, -0.2) is 35.8 Å². The molecule has 2 aromatic carbocycles. The van der Waals surface area contributed by atoms with Gasteiger partial charge in [-0.1, -0.05) is 12.1 Å². The number of nitrogens with one attached hydrogen (secondary N) is 1. The van der Waals surface area contributed by atoms with Gasteiger partial charge < -0.3 is 14.2 Å². The zero-order valence-electron chi connectivity index (χ0n) is 17.0. The Morgan fingerprint density at radius 1 is 1.10 bits per heavy atom. The molecular formula is C21H24N2O7. The Morgan fingerprint density at radius 3 is 2.43 bits per heavy atom. The third-order valence-electron chi connectivity index (χ3n) is 3.62. The van der Waals surface area contributed by atoms with Crippen molar-refractivity contribution in [3.8, 4) is 5.75 Å². The van der Waals surface area contributed by atoms with Crippen LogP contribution in [0.15, 0.2) is 48.5 Å². The monoisotopic (exact) mass is 416 g/mol. The summed E-state index contributed by atoms with van der Waals surface area (Å²) in [6, 6.07) is 12.5. The summed E-state index contributed by atoms with van der Waals surface area (Å²) >= 11 is 0. The molecule has 2 rings (SSSR count). The number of carbonyl (C=O) groups is 2. The summed E-state index contributed by atoms with van der Waals surface area (Å²) < 4.78 is 15.8. The average molecular weight is 416 g/mol. The Labute approximate surface area is 174 Å². The Kier molecular flexibility index (Phi) is 7.74. The van der Waals surface area contributed by atoms with Crippen LogP contribution in [0.25, 0.3) is 0 Å². The minimum Gasteiger partial charge on any atom is -0.482 e. The summed E-state index contributed by atoms with van der Waals surface area (Å²) in [6.07, 6.45) is -0.224. The minimum atomic E-state index is -0.666. The normalized spacial score (nSPS) is 10.8. The van der Waals surface area contributed by atoms with Gasteiger partial charge in [0.15, 0.2) is 6.61 Å². The van der Waals surface area contributed by atoms with Gasteiger partial charge in [0.2, 0.25) is 0 Å². The van der Waals surface area contributed by atoms with Gasteiger partial charge in [-0.15, -0.1) is 0 Å². The second-order valence-electron chi connectivity index (χ2n) is 7.34. The third-order valence-corrected chi connectivity index (χ3v) is 3.62. The number of anilines is 1. The van der Waals surface area contributed by atoms with E-state index in [2.05, 4.69) is 5.32 Å². The van der Waals surface area contributed by atoms with Crippen LogP contribution in [0.3, 0.4) is 0 Å². The van der Waals surface area contributed by atoms with Crippen LogP contribution < -0.4 is 10.1 Å². The lowest BCUT2D eigenvalue weighted by Crippen LogP contribution is -2.27. The molecule has 1 amide bonds. The molecule has 0 unspecified atom stereocenters. The van der Waals surface area contributed by atoms with Crippen molar-refractivity contribution in [1.82, 2.24) is 0 Å². The largest absolute Gasteiger partial charge is 0.482 e. The first kappa shape index (κ1) is 22.7. The van der Waals surface area contributed by atoms with Crippen molar-refractivity contribution in [1.29, 1.82) is 0 Å². The maximum absolute atomic E-state index is 11.8. The highest BCUT2D eigenvalue weighted by molar-refractivity contribution is 5.84.